The number of carbonyl (C=O) groups is 1. The van der Waals surface area contributed by atoms with Crippen molar-refractivity contribution in [2.75, 3.05) is 6.54 Å². The summed E-state index contributed by atoms with van der Waals surface area (Å²) < 4.78 is 0. The van der Waals surface area contributed by atoms with Crippen LogP contribution in [0.3, 0.4) is 0 Å². The van der Waals surface area contributed by atoms with Crippen molar-refractivity contribution in [1.82, 2.24) is 4.90 Å². The largest absolute Gasteiger partial charge is 0.477 e. The molecule has 53 valence electrons. The Morgan fingerprint density at radius 3 is 2.90 bits per heavy atom. The van der Waals surface area contributed by atoms with E-state index in [9.17, 15) is 9.59 Å². The van der Waals surface area contributed by atoms with Gasteiger partial charge in [-0.2, -0.15) is 0 Å². The highest BCUT2D eigenvalue weighted by atomic mass is 16.4. The van der Waals surface area contributed by atoms with Gasteiger partial charge in [0.2, 0.25) is 0 Å². The third kappa shape index (κ3) is 1.00. The molecule has 1 amide bonds. The van der Waals surface area contributed by atoms with Gasteiger partial charge in [0.05, 0.1) is 0 Å². The van der Waals surface area contributed by atoms with Crippen molar-refractivity contribution in [3.05, 3.63) is 11.8 Å². The number of carboxylic acid groups (broad SMARTS) is 1. The smallest absolute Gasteiger partial charge is 0.352 e. The van der Waals surface area contributed by atoms with Crippen LogP contribution in [0.2, 0.25) is 0 Å². The summed E-state index contributed by atoms with van der Waals surface area (Å²) in [6.45, 7) is 0.436. The summed E-state index contributed by atoms with van der Waals surface area (Å²) >= 11 is 0. The van der Waals surface area contributed by atoms with Crippen molar-refractivity contribution < 1.29 is 14.7 Å². The van der Waals surface area contributed by atoms with Crippen LogP contribution in [0.25, 0.3) is 0 Å². The van der Waals surface area contributed by atoms with E-state index in [1.54, 1.807) is 0 Å². The summed E-state index contributed by atoms with van der Waals surface area (Å²) in [5, 5.41) is 8.43. The van der Waals surface area contributed by atoms with Crippen molar-refractivity contribution in [2.45, 2.75) is 6.42 Å². The molecule has 1 heterocycles. The molecule has 0 fully saturated rings. The van der Waals surface area contributed by atoms with Crippen LogP contribution in [0.4, 0.5) is 0 Å². The molecule has 10 heavy (non-hydrogen) atoms. The minimum Gasteiger partial charge on any atom is -0.477 e. The third-order valence-corrected chi connectivity index (χ3v) is 1.31. The summed E-state index contributed by atoms with van der Waals surface area (Å²) in [5.41, 5.74) is 0.0370. The van der Waals surface area contributed by atoms with E-state index < -0.39 is 5.97 Å². The molecule has 0 atom stereocenters. The van der Waals surface area contributed by atoms with Gasteiger partial charge in [0.1, 0.15) is 5.70 Å². The number of nitrogens with zero attached hydrogens (tertiary/aromatic N) is 1. The number of hydrogen-bond acceptors (Lipinski definition) is 2. The fraction of sp³-hybridized carbons (Fsp3) is 0.333. The minimum atomic E-state index is -1.07. The monoisotopic (exact) mass is 140 g/mol. The Kier molecular flexibility index (Phi) is 1.71. The maximum atomic E-state index is 10.3. The molecule has 0 unspecified atom stereocenters. The Morgan fingerprint density at radius 2 is 2.50 bits per heavy atom. The molecule has 1 N–H and O–H groups in total. The van der Waals surface area contributed by atoms with Crippen LogP contribution < -0.4 is 0 Å². The average molecular weight is 140 g/mol. The van der Waals surface area contributed by atoms with Gasteiger partial charge in [-0.05, 0) is 6.42 Å². The van der Waals surface area contributed by atoms with Gasteiger partial charge < -0.3 is 5.11 Å². The van der Waals surface area contributed by atoms with Gasteiger partial charge in [-0.25, -0.2) is 4.79 Å². The highest BCUT2D eigenvalue weighted by Gasteiger charge is 2.20. The van der Waals surface area contributed by atoms with Crippen molar-refractivity contribution in [3.8, 4) is 0 Å². The van der Waals surface area contributed by atoms with Crippen LogP contribution in [-0.4, -0.2) is 28.9 Å². The summed E-state index contributed by atoms with van der Waals surface area (Å²) in [5.74, 6) is -1.07. The van der Waals surface area contributed by atoms with Crippen LogP contribution >= 0.6 is 0 Å². The normalized spacial score (nSPS) is 16.8. The van der Waals surface area contributed by atoms with Crippen molar-refractivity contribution in [1.29, 1.82) is 0 Å². The highest BCUT2D eigenvalue weighted by molar-refractivity contribution is 5.89. The molecule has 0 spiro atoms. The number of amides is 1. The van der Waals surface area contributed by atoms with Gasteiger partial charge >= 0.3 is 12.4 Å². The van der Waals surface area contributed by atoms with Crippen LogP contribution in [0.1, 0.15) is 6.42 Å². The first kappa shape index (κ1) is 6.80. The standard InChI is InChI=1S/C6H6NO3/c8-4-7-3-1-2-5(7)6(9)10/h2H,1,3H2,(H,9,10). The van der Waals surface area contributed by atoms with Crippen LogP contribution in [0, 0.1) is 0 Å². The van der Waals surface area contributed by atoms with E-state index in [4.69, 9.17) is 5.11 Å². The lowest BCUT2D eigenvalue weighted by Crippen LogP contribution is -2.22. The predicted molar refractivity (Wildman–Crippen MR) is 32.7 cm³/mol. The zero-order chi connectivity index (χ0) is 7.56. The molecule has 1 aliphatic rings. The van der Waals surface area contributed by atoms with Gasteiger partial charge in [-0.3, -0.25) is 9.69 Å². The van der Waals surface area contributed by atoms with Gasteiger partial charge in [0.25, 0.3) is 0 Å². The molecule has 1 rings (SSSR count). The Balaban J connectivity index is 2.74. The highest BCUT2D eigenvalue weighted by Crippen LogP contribution is 2.11. The van der Waals surface area contributed by atoms with Crippen LogP contribution in [0.5, 0.6) is 0 Å². The summed E-state index contributed by atoms with van der Waals surface area (Å²) in [7, 11) is 0. The third-order valence-electron chi connectivity index (χ3n) is 1.31. The summed E-state index contributed by atoms with van der Waals surface area (Å²) in [6.07, 6.45) is 3.64. The van der Waals surface area contributed by atoms with Crippen LogP contribution in [-0.2, 0) is 9.59 Å². The molecule has 1 aliphatic heterocycles. The van der Waals surface area contributed by atoms with E-state index in [0.717, 1.165) is 4.90 Å². The van der Waals surface area contributed by atoms with Gasteiger partial charge in [-0.1, -0.05) is 6.08 Å². The van der Waals surface area contributed by atoms with E-state index in [0.29, 0.717) is 13.0 Å². The van der Waals surface area contributed by atoms with Crippen molar-refractivity contribution in [2.24, 2.45) is 0 Å². The van der Waals surface area contributed by atoms with E-state index >= 15 is 0 Å². The first-order chi connectivity index (χ1) is 4.75. The molecule has 1 radical (unpaired) electrons. The lowest BCUT2D eigenvalue weighted by molar-refractivity contribution is -0.133. The van der Waals surface area contributed by atoms with Crippen molar-refractivity contribution in [3.63, 3.8) is 0 Å². The zero-order valence-corrected chi connectivity index (χ0v) is 5.20. The Hall–Kier alpha value is -1.32. The van der Waals surface area contributed by atoms with Crippen LogP contribution in [0.15, 0.2) is 11.8 Å². The average Bonchev–Trinajstić information content (AvgIpc) is 2.33. The Labute approximate surface area is 57.7 Å². The molecular weight excluding hydrogens is 134 g/mol. The minimum absolute atomic E-state index is 0.0370. The molecule has 4 heteroatoms. The number of rotatable bonds is 2. The SMILES string of the molecule is O=[C]N1CCC=C1C(=O)O. The maximum absolute atomic E-state index is 10.3. The molecule has 0 aromatic carbocycles. The molecule has 4 nitrogen and oxygen atoms in total. The molecule has 0 aromatic heterocycles. The molecule has 0 aliphatic carbocycles. The molecule has 0 saturated heterocycles. The number of carbonyl (C=O) groups excluding carboxylic acids is 1. The second-order valence-electron chi connectivity index (χ2n) is 1.93. The Bertz CT molecular complexity index is 197. The first-order valence-corrected chi connectivity index (χ1v) is 2.84. The number of aliphatic carboxylic acids is 1. The topological polar surface area (TPSA) is 57.6 Å². The van der Waals surface area contributed by atoms with E-state index in [1.807, 2.05) is 0 Å². The maximum Gasteiger partial charge on any atom is 0.352 e. The predicted octanol–water partition coefficient (Wildman–Crippen LogP) is -0.272. The number of hydrogen-bond donors (Lipinski definition) is 1. The second kappa shape index (κ2) is 2.51. The molecular formula is C6H6NO3. The van der Waals surface area contributed by atoms with Gasteiger partial charge in [-0.15, -0.1) is 0 Å². The molecule has 0 saturated carbocycles. The van der Waals surface area contributed by atoms with E-state index in [-0.39, 0.29) is 5.70 Å². The van der Waals surface area contributed by atoms with Crippen molar-refractivity contribution >= 4 is 12.4 Å². The van der Waals surface area contributed by atoms with E-state index in [2.05, 4.69) is 0 Å². The second-order valence-corrected chi connectivity index (χ2v) is 1.93. The quantitative estimate of drug-likeness (QED) is 0.574. The lowest BCUT2D eigenvalue weighted by atomic mass is 10.4. The molecule has 0 aromatic rings. The summed E-state index contributed by atoms with van der Waals surface area (Å²) in [4.78, 5) is 21.4. The lowest BCUT2D eigenvalue weighted by Gasteiger charge is -2.07. The molecule has 0 bridgehead atoms. The number of carboxylic acids is 1. The van der Waals surface area contributed by atoms with Gasteiger partial charge in [0, 0.05) is 6.54 Å². The summed E-state index contributed by atoms with van der Waals surface area (Å²) in [6, 6.07) is 0. The zero-order valence-electron chi connectivity index (χ0n) is 5.20. The van der Waals surface area contributed by atoms with E-state index in [1.165, 1.54) is 12.5 Å². The fourth-order valence-electron chi connectivity index (χ4n) is 0.859. The fourth-order valence-corrected chi connectivity index (χ4v) is 0.859. The first-order valence-electron chi connectivity index (χ1n) is 2.84. The Morgan fingerprint density at radius 1 is 1.80 bits per heavy atom. The van der Waals surface area contributed by atoms with Gasteiger partial charge in [0.15, 0.2) is 0 Å².